The van der Waals surface area contributed by atoms with Crippen molar-refractivity contribution in [3.63, 3.8) is 0 Å². The first kappa shape index (κ1) is 17.8. The van der Waals surface area contributed by atoms with Crippen LogP contribution in [0.2, 0.25) is 0 Å². The molecule has 0 amide bonds. The van der Waals surface area contributed by atoms with E-state index in [0.717, 1.165) is 29.2 Å². The maximum Gasteiger partial charge on any atom is 0.148 e. The maximum absolute atomic E-state index is 14.2. The molecule has 1 atom stereocenters. The summed E-state index contributed by atoms with van der Waals surface area (Å²) in [5, 5.41) is 14.8. The predicted octanol–water partition coefficient (Wildman–Crippen LogP) is 2.97. The van der Waals surface area contributed by atoms with Gasteiger partial charge in [0.2, 0.25) is 0 Å². The van der Waals surface area contributed by atoms with Crippen molar-refractivity contribution >= 4 is 11.3 Å². The van der Waals surface area contributed by atoms with Crippen LogP contribution in [0.25, 0.3) is 5.52 Å². The van der Waals surface area contributed by atoms with Crippen LogP contribution >= 0.6 is 0 Å². The number of H-pyrrole nitrogens is 1. The molecule has 29 heavy (non-hydrogen) atoms. The summed E-state index contributed by atoms with van der Waals surface area (Å²) in [5.74, 6) is 0.442. The molecule has 0 saturated heterocycles. The van der Waals surface area contributed by atoms with Crippen molar-refractivity contribution in [2.45, 2.75) is 31.9 Å². The van der Waals surface area contributed by atoms with Gasteiger partial charge in [0.05, 0.1) is 23.3 Å². The molecule has 1 aliphatic rings. The summed E-state index contributed by atoms with van der Waals surface area (Å²) in [6.07, 6.45) is 5.90. The largest absolute Gasteiger partial charge is 0.386 e. The number of fused-ring (bicyclic) bond motifs is 2. The quantitative estimate of drug-likeness (QED) is 0.560. The monoisotopic (exact) mass is 392 g/mol. The van der Waals surface area contributed by atoms with Crippen LogP contribution < -0.4 is 4.90 Å². The van der Waals surface area contributed by atoms with Gasteiger partial charge < -0.3 is 15.0 Å². The van der Waals surface area contributed by atoms with Crippen LogP contribution in [0.3, 0.4) is 0 Å². The van der Waals surface area contributed by atoms with Gasteiger partial charge in [-0.2, -0.15) is 5.10 Å². The molecule has 1 aliphatic heterocycles. The highest BCUT2D eigenvalue weighted by Crippen LogP contribution is 2.36. The second-order valence-electron chi connectivity index (χ2n) is 7.83. The summed E-state index contributed by atoms with van der Waals surface area (Å²) in [5.41, 5.74) is 2.84. The van der Waals surface area contributed by atoms with E-state index in [1.54, 1.807) is 49.2 Å². The number of aromatic nitrogens is 5. The number of halogens is 1. The molecule has 0 bridgehead atoms. The van der Waals surface area contributed by atoms with Crippen LogP contribution in [0.5, 0.6) is 0 Å². The molecule has 5 heterocycles. The lowest BCUT2D eigenvalue weighted by atomic mass is 9.98. The fourth-order valence-corrected chi connectivity index (χ4v) is 3.87. The highest BCUT2D eigenvalue weighted by Gasteiger charge is 2.34. The van der Waals surface area contributed by atoms with Crippen LogP contribution in [-0.4, -0.2) is 36.2 Å². The van der Waals surface area contributed by atoms with E-state index in [2.05, 4.69) is 25.0 Å². The highest BCUT2D eigenvalue weighted by atomic mass is 19.1. The van der Waals surface area contributed by atoms with Gasteiger partial charge >= 0.3 is 0 Å². The third kappa shape index (κ3) is 2.96. The van der Waals surface area contributed by atoms with Gasteiger partial charge in [0.15, 0.2) is 0 Å². The minimum absolute atomic E-state index is 0.287. The number of aliphatic hydroxyl groups is 1. The molecular formula is C21H21FN6O. The van der Waals surface area contributed by atoms with Crippen molar-refractivity contribution in [2.75, 3.05) is 11.4 Å². The standard InChI is InChI=1S/C21H21FN6O/c1-21(2,29)13-5-6-18(23-11-13)27-9-7-15-19(25-12-24-15)20(27)16-10-17-14(22)4-3-8-28(17)26-16/h3-6,8,10-12,20,29H,7,9H2,1-2H3,(H,24,25)/t20-/m1/s1. The molecule has 4 aromatic heterocycles. The predicted molar refractivity (Wildman–Crippen MR) is 106 cm³/mol. The number of rotatable bonds is 3. The molecule has 0 unspecified atom stereocenters. The zero-order valence-electron chi connectivity index (χ0n) is 16.2. The first-order chi connectivity index (χ1) is 13.9. The maximum atomic E-state index is 14.2. The Labute approximate surface area is 166 Å². The molecular weight excluding hydrogens is 371 g/mol. The van der Waals surface area contributed by atoms with Crippen molar-refractivity contribution < 1.29 is 9.50 Å². The second kappa shape index (κ2) is 6.38. The van der Waals surface area contributed by atoms with Crippen molar-refractivity contribution in [3.05, 3.63) is 77.5 Å². The molecule has 0 aromatic carbocycles. The normalized spacial score (nSPS) is 17.0. The Hall–Kier alpha value is -3.26. The summed E-state index contributed by atoms with van der Waals surface area (Å²) in [6, 6.07) is 8.31. The summed E-state index contributed by atoms with van der Waals surface area (Å²) < 4.78 is 15.8. The minimum Gasteiger partial charge on any atom is -0.386 e. The number of imidazole rings is 1. The van der Waals surface area contributed by atoms with Crippen molar-refractivity contribution in [2.24, 2.45) is 0 Å². The Morgan fingerprint density at radius 2 is 2.10 bits per heavy atom. The third-order valence-corrected chi connectivity index (χ3v) is 5.42. The molecule has 148 valence electrons. The van der Waals surface area contributed by atoms with Crippen LogP contribution in [0.15, 0.2) is 49.1 Å². The lowest BCUT2D eigenvalue weighted by Gasteiger charge is -2.35. The summed E-state index contributed by atoms with van der Waals surface area (Å²) >= 11 is 0. The topological polar surface area (TPSA) is 82.3 Å². The van der Waals surface area contributed by atoms with E-state index >= 15 is 0 Å². The zero-order valence-corrected chi connectivity index (χ0v) is 16.2. The van der Waals surface area contributed by atoms with Crippen molar-refractivity contribution in [3.8, 4) is 0 Å². The Morgan fingerprint density at radius 3 is 2.83 bits per heavy atom. The molecule has 2 N–H and O–H groups in total. The van der Waals surface area contributed by atoms with E-state index in [0.29, 0.717) is 17.8 Å². The first-order valence-corrected chi connectivity index (χ1v) is 9.53. The highest BCUT2D eigenvalue weighted by molar-refractivity contribution is 5.54. The number of nitrogens with one attached hydrogen (secondary N) is 1. The van der Waals surface area contributed by atoms with Crippen LogP contribution in [0.4, 0.5) is 10.2 Å². The molecule has 5 rings (SSSR count). The Balaban J connectivity index is 1.61. The molecule has 0 saturated carbocycles. The van der Waals surface area contributed by atoms with Gasteiger partial charge in [-0.1, -0.05) is 6.07 Å². The Kier molecular flexibility index (Phi) is 3.92. The summed E-state index contributed by atoms with van der Waals surface area (Å²) in [7, 11) is 0. The minimum atomic E-state index is -0.957. The van der Waals surface area contributed by atoms with Crippen LogP contribution in [0.1, 0.15) is 42.5 Å². The second-order valence-corrected chi connectivity index (χ2v) is 7.83. The number of pyridine rings is 2. The van der Waals surface area contributed by atoms with E-state index in [1.165, 1.54) is 6.07 Å². The summed E-state index contributed by atoms with van der Waals surface area (Å²) in [6.45, 7) is 4.17. The van der Waals surface area contributed by atoms with Gasteiger partial charge in [0.1, 0.15) is 23.2 Å². The smallest absolute Gasteiger partial charge is 0.148 e. The number of anilines is 1. The molecule has 0 aliphatic carbocycles. The van der Waals surface area contributed by atoms with Gasteiger partial charge in [-0.05, 0) is 38.1 Å². The van der Waals surface area contributed by atoms with E-state index in [9.17, 15) is 9.50 Å². The Bertz CT molecular complexity index is 1170. The number of hydrogen-bond donors (Lipinski definition) is 2. The Morgan fingerprint density at radius 1 is 1.24 bits per heavy atom. The van der Waals surface area contributed by atoms with Crippen molar-refractivity contribution in [1.29, 1.82) is 0 Å². The molecule has 0 radical (unpaired) electrons. The molecule has 8 heteroatoms. The molecule has 0 fully saturated rings. The van der Waals surface area contributed by atoms with E-state index in [1.807, 2.05) is 12.1 Å². The van der Waals surface area contributed by atoms with Gasteiger partial charge in [-0.25, -0.2) is 18.9 Å². The molecule has 7 nitrogen and oxygen atoms in total. The lowest BCUT2D eigenvalue weighted by Crippen LogP contribution is -2.37. The molecule has 0 spiro atoms. The number of nitrogens with zero attached hydrogens (tertiary/aromatic N) is 5. The average Bonchev–Trinajstić information content (AvgIpc) is 3.34. The van der Waals surface area contributed by atoms with E-state index in [-0.39, 0.29) is 11.9 Å². The van der Waals surface area contributed by atoms with Gasteiger partial charge in [0.25, 0.3) is 0 Å². The lowest BCUT2D eigenvalue weighted by molar-refractivity contribution is 0.0782. The van der Waals surface area contributed by atoms with Crippen LogP contribution in [-0.2, 0) is 12.0 Å². The zero-order chi connectivity index (χ0) is 20.2. The molecule has 4 aromatic rings. The fraction of sp³-hybridized carbons (Fsp3) is 0.286. The van der Waals surface area contributed by atoms with Crippen LogP contribution in [0, 0.1) is 5.82 Å². The first-order valence-electron chi connectivity index (χ1n) is 9.53. The fourth-order valence-electron chi connectivity index (χ4n) is 3.87. The van der Waals surface area contributed by atoms with Gasteiger partial charge in [-0.15, -0.1) is 0 Å². The summed E-state index contributed by atoms with van der Waals surface area (Å²) in [4.78, 5) is 14.5. The van der Waals surface area contributed by atoms with Gasteiger partial charge in [-0.3, -0.25) is 0 Å². The van der Waals surface area contributed by atoms with E-state index in [4.69, 9.17) is 0 Å². The van der Waals surface area contributed by atoms with E-state index < -0.39 is 5.60 Å². The average molecular weight is 392 g/mol. The number of hydrogen-bond acceptors (Lipinski definition) is 5. The third-order valence-electron chi connectivity index (χ3n) is 5.42. The number of aromatic amines is 1. The SMILES string of the molecule is CC(C)(O)c1ccc(N2CCc3[nH]cnc3[C@H]2c2cc3c(F)cccn3n2)nc1. The van der Waals surface area contributed by atoms with Crippen molar-refractivity contribution in [1.82, 2.24) is 24.6 Å². The van der Waals surface area contributed by atoms with Gasteiger partial charge in [0, 0.05) is 36.6 Å².